The Hall–Kier alpha value is 0.700. The molecule has 0 aromatic heterocycles. The molecule has 2 fully saturated rings. The van der Waals surface area contributed by atoms with Gasteiger partial charge in [-0.25, -0.2) is 0 Å². The lowest BCUT2D eigenvalue weighted by Gasteiger charge is -2.32. The molecule has 2 saturated carbocycles. The first-order chi connectivity index (χ1) is 7.85. The molecule has 0 saturated heterocycles. The van der Waals surface area contributed by atoms with Crippen LogP contribution in [0.5, 0.6) is 0 Å². The van der Waals surface area contributed by atoms with Crippen LogP contribution in [-0.4, -0.2) is 16.8 Å². The standard InChI is InChI=1S/C14H26S2/c15-11-14(9-5-1-2-6-10-14)12-16-13-7-3-4-8-13/h13,15H,1-12H2. The van der Waals surface area contributed by atoms with Crippen molar-refractivity contribution in [1.82, 2.24) is 0 Å². The minimum atomic E-state index is 0.590. The maximum atomic E-state index is 4.66. The first kappa shape index (κ1) is 13.1. The highest BCUT2D eigenvalue weighted by atomic mass is 32.2. The van der Waals surface area contributed by atoms with Crippen LogP contribution < -0.4 is 0 Å². The Bertz CT molecular complexity index is 189. The minimum absolute atomic E-state index is 0.590. The molecular formula is C14H26S2. The Kier molecular flexibility index (Phi) is 5.41. The minimum Gasteiger partial charge on any atom is -0.179 e. The predicted octanol–water partition coefficient (Wildman–Crippen LogP) is 4.93. The lowest BCUT2D eigenvalue weighted by Crippen LogP contribution is -2.26. The first-order valence-corrected chi connectivity index (χ1v) is 8.75. The van der Waals surface area contributed by atoms with Crippen LogP contribution in [0.4, 0.5) is 0 Å². The van der Waals surface area contributed by atoms with Crippen molar-refractivity contribution in [2.45, 2.75) is 69.5 Å². The summed E-state index contributed by atoms with van der Waals surface area (Å²) in [6.45, 7) is 0. The van der Waals surface area contributed by atoms with Crippen LogP contribution in [-0.2, 0) is 0 Å². The van der Waals surface area contributed by atoms with Crippen molar-refractivity contribution in [1.29, 1.82) is 0 Å². The molecule has 0 atom stereocenters. The van der Waals surface area contributed by atoms with Gasteiger partial charge in [-0.3, -0.25) is 0 Å². The van der Waals surface area contributed by atoms with Gasteiger partial charge in [0.05, 0.1) is 0 Å². The number of hydrogen-bond donors (Lipinski definition) is 1. The average molecular weight is 258 g/mol. The summed E-state index contributed by atoms with van der Waals surface area (Å²) < 4.78 is 0. The van der Waals surface area contributed by atoms with Crippen LogP contribution >= 0.6 is 24.4 Å². The molecule has 0 aromatic rings. The SMILES string of the molecule is SCC1(CSC2CCCC2)CCCCCC1. The molecule has 2 aliphatic rings. The van der Waals surface area contributed by atoms with Crippen LogP contribution in [0.1, 0.15) is 64.2 Å². The van der Waals surface area contributed by atoms with Gasteiger partial charge in [0, 0.05) is 5.25 Å². The molecule has 0 spiro atoms. The molecule has 16 heavy (non-hydrogen) atoms. The van der Waals surface area contributed by atoms with Gasteiger partial charge in [0.2, 0.25) is 0 Å². The van der Waals surface area contributed by atoms with Crippen molar-refractivity contribution in [3.8, 4) is 0 Å². The quantitative estimate of drug-likeness (QED) is 0.551. The molecule has 0 unspecified atom stereocenters. The van der Waals surface area contributed by atoms with E-state index in [-0.39, 0.29) is 0 Å². The Morgan fingerprint density at radius 2 is 1.56 bits per heavy atom. The molecule has 0 heterocycles. The van der Waals surface area contributed by atoms with Gasteiger partial charge in [-0.2, -0.15) is 24.4 Å². The fourth-order valence-electron chi connectivity index (χ4n) is 3.18. The van der Waals surface area contributed by atoms with Crippen molar-refractivity contribution in [2.24, 2.45) is 5.41 Å². The Morgan fingerprint density at radius 3 is 2.12 bits per heavy atom. The maximum absolute atomic E-state index is 4.66. The Balaban J connectivity index is 1.81. The zero-order valence-electron chi connectivity index (χ0n) is 10.4. The maximum Gasteiger partial charge on any atom is 0.00472 e. The second-order valence-electron chi connectivity index (χ2n) is 5.79. The van der Waals surface area contributed by atoms with Crippen molar-refractivity contribution in [3.63, 3.8) is 0 Å². The highest BCUT2D eigenvalue weighted by Crippen LogP contribution is 2.41. The summed E-state index contributed by atoms with van der Waals surface area (Å²) in [7, 11) is 0. The molecule has 2 rings (SSSR count). The molecule has 2 heteroatoms. The van der Waals surface area contributed by atoms with Crippen LogP contribution in [0.25, 0.3) is 0 Å². The first-order valence-electron chi connectivity index (χ1n) is 7.07. The van der Waals surface area contributed by atoms with E-state index < -0.39 is 0 Å². The summed E-state index contributed by atoms with van der Waals surface area (Å²) in [4.78, 5) is 0. The van der Waals surface area contributed by atoms with E-state index in [0.717, 1.165) is 11.0 Å². The van der Waals surface area contributed by atoms with Crippen LogP contribution in [0.15, 0.2) is 0 Å². The number of thioether (sulfide) groups is 1. The molecule has 0 aromatic carbocycles. The van der Waals surface area contributed by atoms with E-state index in [4.69, 9.17) is 0 Å². The predicted molar refractivity (Wildman–Crippen MR) is 78.7 cm³/mol. The third kappa shape index (κ3) is 3.60. The fourth-order valence-corrected chi connectivity index (χ4v) is 5.40. The van der Waals surface area contributed by atoms with E-state index in [1.54, 1.807) is 0 Å². The summed E-state index contributed by atoms with van der Waals surface area (Å²) in [5, 5.41) is 0.986. The number of rotatable bonds is 4. The lowest BCUT2D eigenvalue weighted by molar-refractivity contribution is 0.332. The van der Waals surface area contributed by atoms with Crippen LogP contribution in [0.2, 0.25) is 0 Å². The van der Waals surface area contributed by atoms with Gasteiger partial charge in [-0.1, -0.05) is 38.5 Å². The van der Waals surface area contributed by atoms with Gasteiger partial charge in [-0.05, 0) is 42.6 Å². The third-order valence-electron chi connectivity index (χ3n) is 4.43. The normalized spacial score (nSPS) is 26.8. The number of hydrogen-bond acceptors (Lipinski definition) is 2. The second kappa shape index (κ2) is 6.58. The summed E-state index contributed by atoms with van der Waals surface area (Å²) in [5.74, 6) is 2.51. The van der Waals surface area contributed by atoms with Gasteiger partial charge in [0.15, 0.2) is 0 Å². The summed E-state index contributed by atoms with van der Waals surface area (Å²) in [6.07, 6.45) is 14.6. The van der Waals surface area contributed by atoms with Crippen molar-refractivity contribution in [2.75, 3.05) is 11.5 Å². The molecule has 94 valence electrons. The number of thiol groups is 1. The third-order valence-corrected chi connectivity index (χ3v) is 6.82. The topological polar surface area (TPSA) is 0 Å². The van der Waals surface area contributed by atoms with Gasteiger partial charge in [-0.15, -0.1) is 0 Å². The van der Waals surface area contributed by atoms with Crippen molar-refractivity contribution in [3.05, 3.63) is 0 Å². The molecule has 0 nitrogen and oxygen atoms in total. The lowest BCUT2D eigenvalue weighted by atomic mass is 9.84. The summed E-state index contributed by atoms with van der Waals surface area (Å²) >= 11 is 6.93. The van der Waals surface area contributed by atoms with E-state index in [9.17, 15) is 0 Å². The second-order valence-corrected chi connectivity index (χ2v) is 7.39. The van der Waals surface area contributed by atoms with E-state index in [2.05, 4.69) is 24.4 Å². The van der Waals surface area contributed by atoms with Gasteiger partial charge in [0.1, 0.15) is 0 Å². The molecular weight excluding hydrogens is 232 g/mol. The smallest absolute Gasteiger partial charge is 0.00472 e. The van der Waals surface area contributed by atoms with E-state index in [1.165, 1.54) is 70.0 Å². The summed E-state index contributed by atoms with van der Waals surface area (Å²) in [6, 6.07) is 0. The Labute approximate surface area is 111 Å². The van der Waals surface area contributed by atoms with Gasteiger partial charge < -0.3 is 0 Å². The average Bonchev–Trinajstić information content (AvgIpc) is 2.72. The van der Waals surface area contributed by atoms with E-state index in [0.29, 0.717) is 5.41 Å². The molecule has 0 N–H and O–H groups in total. The molecule has 0 radical (unpaired) electrons. The molecule has 0 amide bonds. The van der Waals surface area contributed by atoms with E-state index in [1.807, 2.05) is 0 Å². The van der Waals surface area contributed by atoms with Gasteiger partial charge >= 0.3 is 0 Å². The zero-order valence-corrected chi connectivity index (χ0v) is 12.1. The van der Waals surface area contributed by atoms with E-state index >= 15 is 0 Å². The zero-order chi connectivity index (χ0) is 11.3. The van der Waals surface area contributed by atoms with Crippen LogP contribution in [0, 0.1) is 5.41 Å². The molecule has 2 aliphatic carbocycles. The molecule has 0 aliphatic heterocycles. The monoisotopic (exact) mass is 258 g/mol. The van der Waals surface area contributed by atoms with Crippen LogP contribution in [0.3, 0.4) is 0 Å². The summed E-state index contributed by atoms with van der Waals surface area (Å²) in [5.41, 5.74) is 0.590. The highest BCUT2D eigenvalue weighted by molar-refractivity contribution is 8.00. The van der Waals surface area contributed by atoms with Crippen molar-refractivity contribution < 1.29 is 0 Å². The molecule has 0 bridgehead atoms. The largest absolute Gasteiger partial charge is 0.179 e. The fraction of sp³-hybridized carbons (Fsp3) is 1.00. The van der Waals surface area contributed by atoms with Crippen molar-refractivity contribution >= 4 is 24.4 Å². The Morgan fingerprint density at radius 1 is 0.938 bits per heavy atom. The highest BCUT2D eigenvalue weighted by Gasteiger charge is 2.30. The van der Waals surface area contributed by atoms with Gasteiger partial charge in [0.25, 0.3) is 0 Å².